The van der Waals surface area contributed by atoms with Gasteiger partial charge in [-0.2, -0.15) is 0 Å². The van der Waals surface area contributed by atoms with Gasteiger partial charge in [-0.1, -0.05) is 11.8 Å². The summed E-state index contributed by atoms with van der Waals surface area (Å²) < 4.78 is 1.77. The summed E-state index contributed by atoms with van der Waals surface area (Å²) in [6.07, 6.45) is 0. The second kappa shape index (κ2) is 4.09. The molecule has 0 amide bonds. The average Bonchev–Trinajstić information content (AvgIpc) is 2.45. The molecule has 0 spiro atoms. The normalized spacial score (nSPS) is 13.2. The predicted octanol–water partition coefficient (Wildman–Crippen LogP) is 1.29. The van der Waals surface area contributed by atoms with Gasteiger partial charge in [-0.3, -0.25) is 0 Å². The molecule has 1 aromatic rings. The summed E-state index contributed by atoms with van der Waals surface area (Å²) in [5.74, 6) is 0.573. The molecule has 0 saturated heterocycles. The van der Waals surface area contributed by atoms with Gasteiger partial charge in [-0.05, 0) is 45.0 Å². The third kappa shape index (κ3) is 3.79. The monoisotopic (exact) mass is 230 g/mol. The van der Waals surface area contributed by atoms with Crippen LogP contribution in [0.1, 0.15) is 34.6 Å². The molecule has 0 saturated carbocycles. The summed E-state index contributed by atoms with van der Waals surface area (Å²) >= 11 is 1.46. The lowest BCUT2D eigenvalue weighted by molar-refractivity contribution is 0.107. The van der Waals surface area contributed by atoms with Gasteiger partial charge in [-0.25, -0.2) is 4.68 Å². The van der Waals surface area contributed by atoms with Crippen molar-refractivity contribution in [3.63, 3.8) is 0 Å². The van der Waals surface area contributed by atoms with Crippen LogP contribution in [-0.4, -0.2) is 36.7 Å². The molecule has 0 unspecified atom stereocenters. The van der Waals surface area contributed by atoms with Crippen molar-refractivity contribution >= 4 is 11.8 Å². The van der Waals surface area contributed by atoms with Crippen molar-refractivity contribution in [1.29, 1.82) is 0 Å². The number of hydrogen-bond acceptors (Lipinski definition) is 5. The largest absolute Gasteiger partial charge is 0.390 e. The van der Waals surface area contributed by atoms with Gasteiger partial charge < -0.3 is 5.11 Å². The van der Waals surface area contributed by atoms with E-state index in [4.69, 9.17) is 0 Å². The van der Waals surface area contributed by atoms with Gasteiger partial charge in [0.05, 0.1) is 11.1 Å². The summed E-state index contributed by atoms with van der Waals surface area (Å²) in [5, 5.41) is 21.9. The molecular formula is C9H18N4OS. The summed E-state index contributed by atoms with van der Waals surface area (Å²) in [6.45, 7) is 9.66. The van der Waals surface area contributed by atoms with Gasteiger partial charge in [0, 0.05) is 5.75 Å². The van der Waals surface area contributed by atoms with E-state index in [9.17, 15) is 5.11 Å². The Labute approximate surface area is 94.3 Å². The highest BCUT2D eigenvalue weighted by Crippen LogP contribution is 2.24. The molecule has 0 radical (unpaired) electrons. The first-order chi connectivity index (χ1) is 6.70. The standard InChI is InChI=1S/C9H18N4OS/c1-8(2,3)13-7(10-11-12-13)15-6-9(4,5)14/h14H,6H2,1-5H3. The second-order valence-corrected chi connectivity index (χ2v) is 6.09. The van der Waals surface area contributed by atoms with E-state index in [-0.39, 0.29) is 5.54 Å². The van der Waals surface area contributed by atoms with Gasteiger partial charge in [0.25, 0.3) is 0 Å². The highest BCUT2D eigenvalue weighted by molar-refractivity contribution is 7.99. The Bertz CT molecular complexity index is 324. The van der Waals surface area contributed by atoms with Crippen molar-refractivity contribution in [1.82, 2.24) is 20.2 Å². The van der Waals surface area contributed by atoms with E-state index in [0.717, 1.165) is 5.16 Å². The fourth-order valence-electron chi connectivity index (χ4n) is 0.931. The molecule has 1 rings (SSSR count). The molecule has 1 heterocycles. The highest BCUT2D eigenvalue weighted by atomic mass is 32.2. The van der Waals surface area contributed by atoms with Crippen LogP contribution in [0.5, 0.6) is 0 Å². The molecule has 15 heavy (non-hydrogen) atoms. The number of aliphatic hydroxyl groups is 1. The van der Waals surface area contributed by atoms with E-state index in [1.54, 1.807) is 18.5 Å². The van der Waals surface area contributed by atoms with Crippen LogP contribution in [0, 0.1) is 0 Å². The number of tetrazole rings is 1. The third-order valence-electron chi connectivity index (χ3n) is 1.63. The zero-order chi connectivity index (χ0) is 11.7. The molecule has 86 valence electrons. The van der Waals surface area contributed by atoms with Gasteiger partial charge >= 0.3 is 0 Å². The summed E-state index contributed by atoms with van der Waals surface area (Å²) in [7, 11) is 0. The molecule has 0 aliphatic rings. The van der Waals surface area contributed by atoms with Gasteiger partial charge in [-0.15, -0.1) is 5.10 Å². The lowest BCUT2D eigenvalue weighted by Crippen LogP contribution is -2.26. The van der Waals surface area contributed by atoms with E-state index in [0.29, 0.717) is 5.75 Å². The molecule has 0 atom stereocenters. The van der Waals surface area contributed by atoms with E-state index in [2.05, 4.69) is 15.5 Å². The average molecular weight is 230 g/mol. The van der Waals surface area contributed by atoms with Crippen molar-refractivity contribution in [2.24, 2.45) is 0 Å². The summed E-state index contributed by atoms with van der Waals surface area (Å²) in [6, 6.07) is 0. The first-order valence-corrected chi connectivity index (χ1v) is 5.83. The second-order valence-electron chi connectivity index (χ2n) is 5.15. The quantitative estimate of drug-likeness (QED) is 0.793. The maximum atomic E-state index is 9.61. The first-order valence-electron chi connectivity index (χ1n) is 4.84. The van der Waals surface area contributed by atoms with E-state index < -0.39 is 5.60 Å². The van der Waals surface area contributed by atoms with Crippen LogP contribution < -0.4 is 0 Å². The van der Waals surface area contributed by atoms with Crippen LogP contribution >= 0.6 is 11.8 Å². The van der Waals surface area contributed by atoms with Crippen LogP contribution in [0.2, 0.25) is 0 Å². The Morgan fingerprint density at radius 1 is 1.27 bits per heavy atom. The van der Waals surface area contributed by atoms with E-state index in [1.165, 1.54) is 11.8 Å². The maximum Gasteiger partial charge on any atom is 0.209 e. The Morgan fingerprint density at radius 3 is 2.33 bits per heavy atom. The molecule has 1 aromatic heterocycles. The molecule has 0 aromatic carbocycles. The van der Waals surface area contributed by atoms with E-state index >= 15 is 0 Å². The zero-order valence-corrected chi connectivity index (χ0v) is 10.7. The predicted molar refractivity (Wildman–Crippen MR) is 59.8 cm³/mol. The maximum absolute atomic E-state index is 9.61. The van der Waals surface area contributed by atoms with E-state index in [1.807, 2.05) is 20.8 Å². The van der Waals surface area contributed by atoms with Crippen molar-refractivity contribution in [2.45, 2.75) is 50.9 Å². The molecule has 5 nitrogen and oxygen atoms in total. The van der Waals surface area contributed by atoms with Crippen LogP contribution in [0.4, 0.5) is 0 Å². The molecule has 0 aliphatic heterocycles. The Hall–Kier alpha value is -0.620. The molecule has 6 heteroatoms. The number of nitrogens with zero attached hydrogens (tertiary/aromatic N) is 4. The van der Waals surface area contributed by atoms with Crippen LogP contribution in [0.15, 0.2) is 5.16 Å². The van der Waals surface area contributed by atoms with Crippen molar-refractivity contribution in [3.05, 3.63) is 0 Å². The topological polar surface area (TPSA) is 63.8 Å². The molecule has 0 bridgehead atoms. The van der Waals surface area contributed by atoms with Crippen LogP contribution in [0.25, 0.3) is 0 Å². The minimum atomic E-state index is -0.709. The van der Waals surface area contributed by atoms with Crippen LogP contribution in [-0.2, 0) is 5.54 Å². The van der Waals surface area contributed by atoms with Crippen LogP contribution in [0.3, 0.4) is 0 Å². The number of hydrogen-bond donors (Lipinski definition) is 1. The fraction of sp³-hybridized carbons (Fsp3) is 0.889. The number of rotatable bonds is 3. The zero-order valence-electron chi connectivity index (χ0n) is 9.85. The molecule has 1 N–H and O–H groups in total. The van der Waals surface area contributed by atoms with Gasteiger partial charge in [0.15, 0.2) is 0 Å². The summed E-state index contributed by atoms with van der Waals surface area (Å²) in [4.78, 5) is 0. The fourth-order valence-corrected chi connectivity index (χ4v) is 1.94. The highest BCUT2D eigenvalue weighted by Gasteiger charge is 2.22. The summed E-state index contributed by atoms with van der Waals surface area (Å²) in [5.41, 5.74) is -0.842. The minimum absolute atomic E-state index is 0.134. The van der Waals surface area contributed by atoms with Crippen molar-refractivity contribution in [2.75, 3.05) is 5.75 Å². The van der Waals surface area contributed by atoms with Gasteiger partial charge in [0.1, 0.15) is 0 Å². The Morgan fingerprint density at radius 2 is 1.87 bits per heavy atom. The smallest absolute Gasteiger partial charge is 0.209 e. The molecular weight excluding hydrogens is 212 g/mol. The lowest BCUT2D eigenvalue weighted by atomic mass is 10.1. The molecule has 0 fully saturated rings. The third-order valence-corrected chi connectivity index (χ3v) is 2.99. The Kier molecular flexibility index (Phi) is 3.40. The number of aromatic nitrogens is 4. The number of thioether (sulfide) groups is 1. The lowest BCUT2D eigenvalue weighted by Gasteiger charge is -2.21. The first kappa shape index (κ1) is 12.4. The molecule has 0 aliphatic carbocycles. The SMILES string of the molecule is CC(C)(O)CSc1nnnn1C(C)(C)C. The van der Waals surface area contributed by atoms with Crippen molar-refractivity contribution in [3.8, 4) is 0 Å². The minimum Gasteiger partial charge on any atom is -0.390 e. The van der Waals surface area contributed by atoms with Crippen molar-refractivity contribution < 1.29 is 5.11 Å². The Balaban J connectivity index is 2.75. The van der Waals surface area contributed by atoms with Gasteiger partial charge in [0.2, 0.25) is 5.16 Å².